The summed E-state index contributed by atoms with van der Waals surface area (Å²) in [5.74, 6) is -0.488. The second kappa shape index (κ2) is 4.18. The number of para-hydroxylation sites is 1. The lowest BCUT2D eigenvalue weighted by atomic mass is 10.2. The summed E-state index contributed by atoms with van der Waals surface area (Å²) in [5.41, 5.74) is 0.183. The van der Waals surface area contributed by atoms with Gasteiger partial charge in [0.1, 0.15) is 29.3 Å². The Bertz CT molecular complexity index is 288. The molecule has 0 bridgehead atoms. The standard InChI is InChI=1S/C7H4Cl2O3/c8-11-6-4-2-1-3-5(6)7(10)12-9/h1-4H. The van der Waals surface area contributed by atoms with Crippen molar-refractivity contribution in [3.05, 3.63) is 29.8 Å². The first kappa shape index (κ1) is 9.16. The Morgan fingerprint density at radius 3 is 2.50 bits per heavy atom. The number of carbonyl (C=O) groups excluding carboxylic acids is 1. The molecule has 12 heavy (non-hydrogen) atoms. The Kier molecular flexibility index (Phi) is 3.19. The van der Waals surface area contributed by atoms with E-state index < -0.39 is 5.97 Å². The van der Waals surface area contributed by atoms with E-state index >= 15 is 0 Å². The van der Waals surface area contributed by atoms with Gasteiger partial charge in [0.2, 0.25) is 0 Å². The van der Waals surface area contributed by atoms with Gasteiger partial charge in [-0.2, -0.15) is 0 Å². The van der Waals surface area contributed by atoms with E-state index in [0.29, 0.717) is 0 Å². The molecule has 64 valence electrons. The van der Waals surface area contributed by atoms with Crippen molar-refractivity contribution in [1.82, 2.24) is 0 Å². The third kappa shape index (κ3) is 1.81. The minimum Gasteiger partial charge on any atom is -0.385 e. The second-order valence-corrected chi connectivity index (χ2v) is 2.25. The van der Waals surface area contributed by atoms with Gasteiger partial charge < -0.3 is 8.58 Å². The summed E-state index contributed by atoms with van der Waals surface area (Å²) in [4.78, 5) is 10.9. The van der Waals surface area contributed by atoms with Crippen molar-refractivity contribution in [1.29, 1.82) is 0 Å². The third-order valence-corrected chi connectivity index (χ3v) is 1.57. The quantitative estimate of drug-likeness (QED) is 0.747. The van der Waals surface area contributed by atoms with Gasteiger partial charge in [0.15, 0.2) is 5.75 Å². The summed E-state index contributed by atoms with van der Waals surface area (Å²) >= 11 is 9.95. The first-order valence-corrected chi connectivity index (χ1v) is 3.62. The van der Waals surface area contributed by atoms with Gasteiger partial charge >= 0.3 is 5.97 Å². The maximum absolute atomic E-state index is 10.9. The average molecular weight is 207 g/mol. The van der Waals surface area contributed by atoms with Crippen molar-refractivity contribution in [2.24, 2.45) is 0 Å². The molecule has 0 aliphatic heterocycles. The third-order valence-electron chi connectivity index (χ3n) is 1.26. The molecule has 0 aliphatic carbocycles. The van der Waals surface area contributed by atoms with E-state index in [0.717, 1.165) is 0 Å². The van der Waals surface area contributed by atoms with E-state index in [2.05, 4.69) is 8.58 Å². The molecule has 0 radical (unpaired) electrons. The van der Waals surface area contributed by atoms with Crippen LogP contribution in [0.1, 0.15) is 10.4 Å². The molecule has 0 atom stereocenters. The number of carbonyl (C=O) groups is 1. The van der Waals surface area contributed by atoms with Gasteiger partial charge in [0, 0.05) is 0 Å². The van der Waals surface area contributed by atoms with Gasteiger partial charge in [-0.05, 0) is 12.1 Å². The average Bonchev–Trinajstić information content (AvgIpc) is 2.16. The molecule has 0 heterocycles. The van der Waals surface area contributed by atoms with Crippen LogP contribution in [0.15, 0.2) is 24.3 Å². The highest BCUT2D eigenvalue weighted by molar-refractivity contribution is 6.16. The first-order valence-electron chi connectivity index (χ1n) is 3.00. The highest BCUT2D eigenvalue weighted by Gasteiger charge is 2.12. The maximum atomic E-state index is 10.9. The van der Waals surface area contributed by atoms with E-state index in [1.807, 2.05) is 0 Å². The van der Waals surface area contributed by atoms with Crippen LogP contribution in [-0.4, -0.2) is 5.97 Å². The van der Waals surface area contributed by atoms with Gasteiger partial charge in [-0.15, -0.1) is 0 Å². The first-order chi connectivity index (χ1) is 5.79. The monoisotopic (exact) mass is 206 g/mol. The van der Waals surface area contributed by atoms with Crippen LogP contribution < -0.4 is 4.29 Å². The second-order valence-electron chi connectivity index (χ2n) is 1.94. The van der Waals surface area contributed by atoms with Gasteiger partial charge in [0.25, 0.3) is 0 Å². The summed E-state index contributed by atoms with van der Waals surface area (Å²) < 4.78 is 8.35. The summed E-state index contributed by atoms with van der Waals surface area (Å²) in [5, 5.41) is 0. The fourth-order valence-electron chi connectivity index (χ4n) is 0.744. The minimum atomic E-state index is -0.701. The molecule has 5 heteroatoms. The Hall–Kier alpha value is -0.930. The van der Waals surface area contributed by atoms with Crippen LogP contribution in [0, 0.1) is 0 Å². The number of halogens is 2. The number of rotatable bonds is 2. The molecule has 1 aromatic rings. The fourth-order valence-corrected chi connectivity index (χ4v) is 0.962. The van der Waals surface area contributed by atoms with Crippen LogP contribution in [0.2, 0.25) is 0 Å². The van der Waals surface area contributed by atoms with E-state index in [-0.39, 0.29) is 11.3 Å². The van der Waals surface area contributed by atoms with Crippen molar-refractivity contribution >= 4 is 29.7 Å². The minimum absolute atomic E-state index is 0.183. The van der Waals surface area contributed by atoms with Crippen molar-refractivity contribution in [2.75, 3.05) is 0 Å². The maximum Gasteiger partial charge on any atom is 0.360 e. The molecule has 0 spiro atoms. The zero-order chi connectivity index (χ0) is 8.97. The van der Waals surface area contributed by atoms with Gasteiger partial charge in [-0.3, -0.25) is 0 Å². The summed E-state index contributed by atoms with van der Waals surface area (Å²) in [6.45, 7) is 0. The molecule has 3 nitrogen and oxygen atoms in total. The fraction of sp³-hybridized carbons (Fsp3) is 0. The molecular formula is C7H4Cl2O3. The Morgan fingerprint density at radius 1 is 1.25 bits per heavy atom. The highest BCUT2D eigenvalue weighted by Crippen LogP contribution is 2.20. The van der Waals surface area contributed by atoms with Crippen molar-refractivity contribution in [3.63, 3.8) is 0 Å². The topological polar surface area (TPSA) is 35.5 Å². The number of hydrogen-bond acceptors (Lipinski definition) is 3. The Morgan fingerprint density at radius 2 is 1.92 bits per heavy atom. The lowest BCUT2D eigenvalue weighted by molar-refractivity contribution is 0.0749. The predicted octanol–water partition coefficient (Wildman–Crippen LogP) is 2.53. The Labute approximate surface area is 79.1 Å². The molecule has 0 saturated heterocycles. The zero-order valence-electron chi connectivity index (χ0n) is 5.79. The van der Waals surface area contributed by atoms with Crippen LogP contribution in [0.3, 0.4) is 0 Å². The van der Waals surface area contributed by atoms with Crippen LogP contribution in [0.4, 0.5) is 0 Å². The molecular weight excluding hydrogens is 203 g/mol. The van der Waals surface area contributed by atoms with Crippen LogP contribution in [-0.2, 0) is 4.29 Å². The molecule has 0 aliphatic rings. The molecule has 0 fully saturated rings. The van der Waals surface area contributed by atoms with Crippen LogP contribution in [0.5, 0.6) is 5.75 Å². The predicted molar refractivity (Wildman–Crippen MR) is 44.2 cm³/mol. The van der Waals surface area contributed by atoms with Crippen molar-refractivity contribution in [3.8, 4) is 5.75 Å². The number of hydrogen-bond donors (Lipinski definition) is 0. The summed E-state index contributed by atoms with van der Waals surface area (Å²) in [7, 11) is 0. The van der Waals surface area contributed by atoms with Crippen molar-refractivity contribution < 1.29 is 13.4 Å². The highest BCUT2D eigenvalue weighted by atomic mass is 35.5. The molecule has 0 saturated carbocycles. The van der Waals surface area contributed by atoms with E-state index in [4.69, 9.17) is 23.7 Å². The largest absolute Gasteiger partial charge is 0.385 e. The van der Waals surface area contributed by atoms with Gasteiger partial charge in [-0.25, -0.2) is 4.79 Å². The van der Waals surface area contributed by atoms with Gasteiger partial charge in [-0.1, -0.05) is 12.1 Å². The van der Waals surface area contributed by atoms with Crippen molar-refractivity contribution in [2.45, 2.75) is 0 Å². The molecule has 1 aromatic carbocycles. The van der Waals surface area contributed by atoms with Crippen LogP contribution in [0.25, 0.3) is 0 Å². The molecule has 0 aromatic heterocycles. The molecule has 0 N–H and O–H groups in total. The van der Waals surface area contributed by atoms with E-state index in [1.165, 1.54) is 12.1 Å². The van der Waals surface area contributed by atoms with E-state index in [9.17, 15) is 4.79 Å². The SMILES string of the molecule is O=C(OCl)c1ccccc1OCl. The number of benzene rings is 1. The summed E-state index contributed by atoms with van der Waals surface area (Å²) in [6, 6.07) is 6.32. The lowest BCUT2D eigenvalue weighted by Gasteiger charge is -2.00. The Balaban J connectivity index is 3.04. The zero-order valence-corrected chi connectivity index (χ0v) is 7.30. The molecule has 0 unspecified atom stereocenters. The normalized spacial score (nSPS) is 9.17. The van der Waals surface area contributed by atoms with Crippen LogP contribution >= 0.6 is 23.7 Å². The van der Waals surface area contributed by atoms with E-state index in [1.54, 1.807) is 12.1 Å². The summed E-state index contributed by atoms with van der Waals surface area (Å²) in [6.07, 6.45) is 0. The lowest BCUT2D eigenvalue weighted by Crippen LogP contribution is -1.99. The smallest absolute Gasteiger partial charge is 0.360 e. The molecule has 0 amide bonds. The molecule has 1 rings (SSSR count). The van der Waals surface area contributed by atoms with Gasteiger partial charge in [0.05, 0.1) is 0 Å².